The number of aliphatic carboxylic acids is 1. The van der Waals surface area contributed by atoms with Crippen LogP contribution in [0.5, 0.6) is 0 Å². The number of carbonyl (C=O) groups is 2. The van der Waals surface area contributed by atoms with E-state index < -0.39 is 12.0 Å². The summed E-state index contributed by atoms with van der Waals surface area (Å²) in [6.07, 6.45) is 4.30. The van der Waals surface area contributed by atoms with E-state index in [2.05, 4.69) is 75.5 Å². The Hall–Kier alpha value is -3.74. The number of carboxylic acids is 1. The quantitative estimate of drug-likeness (QED) is 0.169. The molecule has 5 rings (SSSR count). The van der Waals surface area contributed by atoms with Gasteiger partial charge in [-0.2, -0.15) is 12.6 Å². The summed E-state index contributed by atoms with van der Waals surface area (Å²) in [5, 5.41) is 33.3. The molecule has 1 aliphatic heterocycles. The molecule has 4 aromatic rings. The monoisotopic (exact) mass is 639 g/mol. The molecule has 0 bridgehead atoms. The van der Waals surface area contributed by atoms with Crippen LogP contribution in [-0.4, -0.2) is 75.5 Å². The second-order valence-electron chi connectivity index (χ2n) is 10.7. The molecule has 2 aromatic heterocycles. The molecule has 44 heavy (non-hydrogen) atoms. The van der Waals surface area contributed by atoms with E-state index in [1.807, 2.05) is 22.8 Å². The first-order valence-corrected chi connectivity index (χ1v) is 15.7. The van der Waals surface area contributed by atoms with Gasteiger partial charge in [0, 0.05) is 36.7 Å². The number of nitrogens with zero attached hydrogens (tertiary/aromatic N) is 6. The zero-order chi connectivity index (χ0) is 31.6. The fourth-order valence-corrected chi connectivity index (χ4v) is 5.62. The topological polar surface area (TPSA) is 150 Å². The van der Waals surface area contributed by atoms with Gasteiger partial charge < -0.3 is 19.7 Å². The van der Waals surface area contributed by atoms with Crippen molar-refractivity contribution in [1.29, 1.82) is 0 Å². The second kappa shape index (κ2) is 15.8. The van der Waals surface area contributed by atoms with Crippen LogP contribution in [0.2, 0.25) is 5.15 Å². The van der Waals surface area contributed by atoms with E-state index in [0.29, 0.717) is 41.9 Å². The van der Waals surface area contributed by atoms with Crippen molar-refractivity contribution in [3.05, 3.63) is 70.8 Å². The third-order valence-electron chi connectivity index (χ3n) is 7.66. The SMILES string of the molecule is CCCCc1nc(Cl)c(CO)n1Cc1ccc(-c2ccccc2-c2nnn[nH]2)cc1.C[C@H](CS)C(=O)N1CCC[C@H]1C(=O)O. The van der Waals surface area contributed by atoms with Crippen LogP contribution in [0.1, 0.15) is 56.6 Å². The Morgan fingerprint density at radius 1 is 1.16 bits per heavy atom. The molecule has 0 saturated carbocycles. The van der Waals surface area contributed by atoms with Gasteiger partial charge in [-0.3, -0.25) is 4.79 Å². The number of aromatic nitrogens is 6. The minimum atomic E-state index is -0.901. The fraction of sp³-hybridized carbons (Fsp3) is 0.419. The number of benzene rings is 2. The van der Waals surface area contributed by atoms with E-state index in [1.165, 1.54) is 4.90 Å². The number of aryl methyl sites for hydroxylation is 1. The van der Waals surface area contributed by atoms with Gasteiger partial charge >= 0.3 is 5.97 Å². The van der Waals surface area contributed by atoms with Gasteiger partial charge in [-0.15, -0.1) is 5.10 Å². The summed E-state index contributed by atoms with van der Waals surface area (Å²) >= 11 is 10.3. The molecule has 11 nitrogen and oxygen atoms in total. The Kier molecular flexibility index (Phi) is 11.9. The van der Waals surface area contributed by atoms with Crippen LogP contribution in [-0.2, 0) is 29.2 Å². The molecule has 1 amide bonds. The Balaban J connectivity index is 0.000000265. The van der Waals surface area contributed by atoms with Crippen molar-refractivity contribution in [2.24, 2.45) is 5.92 Å². The van der Waals surface area contributed by atoms with Gasteiger partial charge in [0.05, 0.1) is 12.3 Å². The highest BCUT2D eigenvalue weighted by molar-refractivity contribution is 7.80. The Bertz CT molecular complexity index is 1530. The van der Waals surface area contributed by atoms with Crippen molar-refractivity contribution < 1.29 is 19.8 Å². The number of amides is 1. The predicted molar refractivity (Wildman–Crippen MR) is 171 cm³/mol. The molecule has 0 radical (unpaired) electrons. The molecule has 13 heteroatoms. The van der Waals surface area contributed by atoms with Crippen LogP contribution >= 0.6 is 24.2 Å². The summed E-state index contributed by atoms with van der Waals surface area (Å²) in [6, 6.07) is 15.7. The first-order valence-electron chi connectivity index (χ1n) is 14.7. The summed E-state index contributed by atoms with van der Waals surface area (Å²) in [5.41, 5.74) is 4.84. The number of aliphatic hydroxyl groups excluding tert-OH is 1. The summed E-state index contributed by atoms with van der Waals surface area (Å²) in [7, 11) is 0. The zero-order valence-electron chi connectivity index (χ0n) is 24.9. The van der Waals surface area contributed by atoms with Crippen LogP contribution in [0.4, 0.5) is 0 Å². The van der Waals surface area contributed by atoms with Gasteiger partial charge in [0.25, 0.3) is 0 Å². The average molecular weight is 640 g/mol. The molecule has 2 aromatic carbocycles. The van der Waals surface area contributed by atoms with Crippen molar-refractivity contribution >= 4 is 36.1 Å². The summed E-state index contributed by atoms with van der Waals surface area (Å²) in [6.45, 7) is 4.96. The third kappa shape index (κ3) is 7.85. The minimum Gasteiger partial charge on any atom is -0.480 e. The zero-order valence-corrected chi connectivity index (χ0v) is 26.5. The number of hydrogen-bond donors (Lipinski definition) is 4. The smallest absolute Gasteiger partial charge is 0.326 e. The van der Waals surface area contributed by atoms with E-state index in [9.17, 15) is 14.7 Å². The largest absolute Gasteiger partial charge is 0.480 e. The van der Waals surface area contributed by atoms with E-state index >= 15 is 0 Å². The highest BCUT2D eigenvalue weighted by atomic mass is 35.5. The minimum absolute atomic E-state index is 0.0927. The van der Waals surface area contributed by atoms with E-state index in [-0.39, 0.29) is 18.4 Å². The standard InChI is InChI=1S/C22H23ClN6O.C9H15NO3S/c1-2-3-8-20-24-21(23)19(14-30)29(20)13-15-9-11-16(12-10-15)17-6-4-5-7-18(17)22-25-27-28-26-22;1-6(5-14)8(11)10-4-2-3-7(10)9(12)13/h4-7,9-12,30H,2-3,8,13-14H2,1H3,(H,25,26,27,28);6-7,14H,2-5H2,1H3,(H,12,13)/t;6-,7+/m.1/s1. The molecular formula is C31H38ClN7O4S. The van der Waals surface area contributed by atoms with Crippen molar-refractivity contribution in [3.8, 4) is 22.5 Å². The Morgan fingerprint density at radius 3 is 2.50 bits per heavy atom. The van der Waals surface area contributed by atoms with Gasteiger partial charge in [-0.1, -0.05) is 80.4 Å². The highest BCUT2D eigenvalue weighted by Crippen LogP contribution is 2.30. The number of unbranched alkanes of at least 4 members (excludes halogenated alkanes) is 1. The molecule has 1 fully saturated rings. The molecular weight excluding hydrogens is 602 g/mol. The van der Waals surface area contributed by atoms with Gasteiger partial charge in [0.15, 0.2) is 11.0 Å². The number of hydrogen-bond acceptors (Lipinski definition) is 8. The maximum Gasteiger partial charge on any atom is 0.326 e. The van der Waals surface area contributed by atoms with Gasteiger partial charge in [0.2, 0.25) is 5.91 Å². The number of rotatable bonds is 11. The lowest BCUT2D eigenvalue weighted by Crippen LogP contribution is -2.43. The molecule has 1 aliphatic rings. The van der Waals surface area contributed by atoms with Gasteiger partial charge in [-0.05, 0) is 46.4 Å². The first kappa shape index (κ1) is 33.2. The van der Waals surface area contributed by atoms with Crippen molar-refractivity contribution in [3.63, 3.8) is 0 Å². The normalized spacial score (nSPS) is 15.1. The van der Waals surface area contributed by atoms with Crippen LogP contribution in [0.25, 0.3) is 22.5 Å². The number of aromatic amines is 1. The number of nitrogens with one attached hydrogen (secondary N) is 1. The molecule has 0 aliphatic carbocycles. The lowest BCUT2D eigenvalue weighted by atomic mass is 9.98. The maximum atomic E-state index is 11.7. The highest BCUT2D eigenvalue weighted by Gasteiger charge is 2.35. The number of carboxylic acid groups (broad SMARTS) is 1. The second-order valence-corrected chi connectivity index (χ2v) is 11.4. The van der Waals surface area contributed by atoms with Crippen molar-refractivity contribution in [2.75, 3.05) is 12.3 Å². The van der Waals surface area contributed by atoms with Crippen LogP contribution in [0.15, 0.2) is 48.5 Å². The number of thiol groups is 1. The number of H-pyrrole nitrogens is 1. The maximum absolute atomic E-state index is 11.7. The molecule has 1 saturated heterocycles. The lowest BCUT2D eigenvalue weighted by Gasteiger charge is -2.24. The van der Waals surface area contributed by atoms with Gasteiger partial charge in [-0.25, -0.2) is 14.9 Å². The van der Waals surface area contributed by atoms with E-state index in [1.54, 1.807) is 6.92 Å². The van der Waals surface area contributed by atoms with E-state index in [4.69, 9.17) is 16.7 Å². The van der Waals surface area contributed by atoms with Crippen LogP contribution < -0.4 is 0 Å². The number of carbonyl (C=O) groups excluding carboxylic acids is 1. The Labute approximate surface area is 267 Å². The van der Waals surface area contributed by atoms with Gasteiger partial charge in [0.1, 0.15) is 11.9 Å². The third-order valence-corrected chi connectivity index (χ3v) is 8.51. The van der Waals surface area contributed by atoms with Crippen LogP contribution in [0, 0.1) is 5.92 Å². The molecule has 2 atom stereocenters. The number of aliphatic hydroxyl groups is 1. The molecule has 0 unspecified atom stereocenters. The summed E-state index contributed by atoms with van der Waals surface area (Å²) in [5.74, 6) is 0.821. The number of imidazole rings is 1. The molecule has 234 valence electrons. The number of likely N-dealkylation sites (tertiary alicyclic amines) is 1. The molecule has 3 N–H and O–H groups in total. The van der Waals surface area contributed by atoms with Crippen molar-refractivity contribution in [2.45, 2.75) is 65.1 Å². The molecule has 3 heterocycles. The fourth-order valence-electron chi connectivity index (χ4n) is 5.20. The van der Waals surface area contributed by atoms with Crippen molar-refractivity contribution in [1.82, 2.24) is 35.1 Å². The lowest BCUT2D eigenvalue weighted by molar-refractivity contribution is -0.149. The predicted octanol–water partition coefficient (Wildman–Crippen LogP) is 4.89. The summed E-state index contributed by atoms with van der Waals surface area (Å²) in [4.78, 5) is 28.4. The van der Waals surface area contributed by atoms with E-state index in [0.717, 1.165) is 53.8 Å². The first-order chi connectivity index (χ1) is 21.3. The molecule has 0 spiro atoms. The summed E-state index contributed by atoms with van der Waals surface area (Å²) < 4.78 is 2.03. The number of tetrazole rings is 1. The Morgan fingerprint density at radius 2 is 1.89 bits per heavy atom. The average Bonchev–Trinajstić information content (AvgIpc) is 3.81. The number of halogens is 1. The van der Waals surface area contributed by atoms with Crippen LogP contribution in [0.3, 0.4) is 0 Å².